The van der Waals surface area contributed by atoms with Gasteiger partial charge in [0.05, 0.1) is 18.6 Å². The molecule has 0 fully saturated rings. The molecule has 8 heteroatoms. The molecule has 1 heterocycles. The van der Waals surface area contributed by atoms with E-state index in [1.807, 2.05) is 44.2 Å². The number of ether oxygens (including phenoxy) is 3. The Balaban J connectivity index is 1.74. The van der Waals surface area contributed by atoms with Gasteiger partial charge in [0.1, 0.15) is 23.7 Å². The summed E-state index contributed by atoms with van der Waals surface area (Å²) < 4.78 is 40.7. The van der Waals surface area contributed by atoms with Gasteiger partial charge in [0.25, 0.3) is 0 Å². The molecule has 0 saturated carbocycles. The molecular weight excluding hydrogens is 418 g/mol. The van der Waals surface area contributed by atoms with Crippen molar-refractivity contribution in [1.29, 1.82) is 0 Å². The smallest absolute Gasteiger partial charge is 0.337 e. The van der Waals surface area contributed by atoms with E-state index in [0.29, 0.717) is 24.3 Å². The summed E-state index contributed by atoms with van der Waals surface area (Å²) in [5.74, 6) is 1.01. The van der Waals surface area contributed by atoms with Crippen molar-refractivity contribution in [1.82, 2.24) is 5.32 Å². The molecule has 2 aromatic rings. The molecule has 1 unspecified atom stereocenters. The number of hydrogen-bond donors (Lipinski definition) is 1. The molecule has 0 spiro atoms. The number of benzene rings is 2. The van der Waals surface area contributed by atoms with Gasteiger partial charge in [-0.25, -0.2) is 13.2 Å². The van der Waals surface area contributed by atoms with Crippen molar-refractivity contribution < 1.29 is 27.4 Å². The van der Waals surface area contributed by atoms with Crippen LogP contribution in [0, 0.1) is 0 Å². The van der Waals surface area contributed by atoms with Crippen LogP contribution < -0.4 is 14.8 Å². The number of methoxy groups -OCH3 is 1. The molecule has 1 aliphatic rings. The Labute approximate surface area is 183 Å². The second kappa shape index (κ2) is 9.28. The standard InChI is InChI=1S/C23H29NO6S/c1-5-31(26,27)15-24-20-13-23(2,3)30-21-11-10-18(12-19(20)21)29-14-16-6-8-17(9-7-16)22(25)28-4/h6-12,20,24H,5,13-15H2,1-4H3. The molecule has 1 aliphatic heterocycles. The van der Waals surface area contributed by atoms with Crippen LogP contribution in [0.3, 0.4) is 0 Å². The van der Waals surface area contributed by atoms with Crippen molar-refractivity contribution in [2.24, 2.45) is 0 Å². The van der Waals surface area contributed by atoms with Crippen molar-refractivity contribution in [3.63, 3.8) is 0 Å². The van der Waals surface area contributed by atoms with Gasteiger partial charge in [-0.05, 0) is 49.7 Å². The maximum atomic E-state index is 12.0. The lowest BCUT2D eigenvalue weighted by Crippen LogP contribution is -2.41. The van der Waals surface area contributed by atoms with Crippen molar-refractivity contribution in [3.05, 3.63) is 59.2 Å². The number of rotatable bonds is 8. The summed E-state index contributed by atoms with van der Waals surface area (Å²) in [6, 6.07) is 12.4. The van der Waals surface area contributed by atoms with E-state index >= 15 is 0 Å². The number of hydrogen-bond acceptors (Lipinski definition) is 7. The summed E-state index contributed by atoms with van der Waals surface area (Å²) in [5, 5.41) is 3.18. The molecule has 168 valence electrons. The first-order chi connectivity index (χ1) is 14.6. The minimum Gasteiger partial charge on any atom is -0.489 e. The fourth-order valence-electron chi connectivity index (χ4n) is 3.46. The number of fused-ring (bicyclic) bond motifs is 1. The highest BCUT2D eigenvalue weighted by Gasteiger charge is 2.34. The predicted molar refractivity (Wildman–Crippen MR) is 118 cm³/mol. The maximum Gasteiger partial charge on any atom is 0.337 e. The molecule has 0 radical (unpaired) electrons. The minimum absolute atomic E-state index is 0.0820. The van der Waals surface area contributed by atoms with E-state index in [0.717, 1.165) is 16.9 Å². The van der Waals surface area contributed by atoms with Crippen LogP contribution in [0.5, 0.6) is 11.5 Å². The summed E-state index contributed by atoms with van der Waals surface area (Å²) in [4.78, 5) is 11.5. The van der Waals surface area contributed by atoms with E-state index in [2.05, 4.69) is 5.32 Å². The first kappa shape index (κ1) is 23.1. The summed E-state index contributed by atoms with van der Waals surface area (Å²) >= 11 is 0. The van der Waals surface area contributed by atoms with Gasteiger partial charge < -0.3 is 14.2 Å². The lowest BCUT2D eigenvalue weighted by molar-refractivity contribution is 0.0600. The normalized spacial score (nSPS) is 17.4. The Bertz CT molecular complexity index is 1030. The van der Waals surface area contributed by atoms with E-state index in [1.165, 1.54) is 7.11 Å². The van der Waals surface area contributed by atoms with E-state index in [9.17, 15) is 13.2 Å². The third-order valence-corrected chi connectivity index (χ3v) is 6.69. The van der Waals surface area contributed by atoms with Crippen LogP contribution in [0.2, 0.25) is 0 Å². The molecule has 0 aliphatic carbocycles. The Morgan fingerprint density at radius 1 is 1.19 bits per heavy atom. The van der Waals surface area contributed by atoms with Crippen molar-refractivity contribution in [3.8, 4) is 11.5 Å². The van der Waals surface area contributed by atoms with Gasteiger partial charge in [-0.2, -0.15) is 0 Å². The summed E-state index contributed by atoms with van der Waals surface area (Å²) in [6.07, 6.45) is 0.637. The van der Waals surface area contributed by atoms with Crippen LogP contribution in [0.1, 0.15) is 54.7 Å². The monoisotopic (exact) mass is 447 g/mol. The van der Waals surface area contributed by atoms with Gasteiger partial charge in [0, 0.05) is 23.8 Å². The predicted octanol–water partition coefficient (Wildman–Crippen LogP) is 3.64. The number of sulfone groups is 1. The molecule has 0 saturated heterocycles. The molecular formula is C23H29NO6S. The number of esters is 1. The van der Waals surface area contributed by atoms with Gasteiger partial charge in [0.2, 0.25) is 0 Å². The first-order valence-electron chi connectivity index (χ1n) is 10.2. The Kier molecular flexibility index (Phi) is 6.91. The van der Waals surface area contributed by atoms with E-state index in [1.54, 1.807) is 19.1 Å². The van der Waals surface area contributed by atoms with E-state index in [-0.39, 0.29) is 23.6 Å². The first-order valence-corrected chi connectivity index (χ1v) is 12.0. The average Bonchev–Trinajstić information content (AvgIpc) is 2.75. The fourth-order valence-corrected chi connectivity index (χ4v) is 4.12. The molecule has 0 aromatic heterocycles. The van der Waals surface area contributed by atoms with Crippen LogP contribution in [-0.4, -0.2) is 38.7 Å². The summed E-state index contributed by atoms with van der Waals surface area (Å²) in [5.41, 5.74) is 1.86. The molecule has 0 amide bonds. The largest absolute Gasteiger partial charge is 0.489 e. The highest BCUT2D eigenvalue weighted by molar-refractivity contribution is 7.91. The van der Waals surface area contributed by atoms with Crippen LogP contribution in [0.25, 0.3) is 0 Å². The van der Waals surface area contributed by atoms with Crippen molar-refractivity contribution >= 4 is 15.8 Å². The van der Waals surface area contributed by atoms with E-state index < -0.39 is 15.4 Å². The fraction of sp³-hybridized carbons (Fsp3) is 0.435. The van der Waals surface area contributed by atoms with Crippen LogP contribution in [0.4, 0.5) is 0 Å². The van der Waals surface area contributed by atoms with E-state index in [4.69, 9.17) is 14.2 Å². The second-order valence-corrected chi connectivity index (χ2v) is 10.5. The minimum atomic E-state index is -3.14. The molecule has 7 nitrogen and oxygen atoms in total. The maximum absolute atomic E-state index is 12.0. The molecule has 1 atom stereocenters. The Morgan fingerprint density at radius 2 is 1.90 bits per heavy atom. The highest BCUT2D eigenvalue weighted by atomic mass is 32.2. The molecule has 0 bridgehead atoms. The SMILES string of the molecule is CCS(=O)(=O)CNC1CC(C)(C)Oc2ccc(OCc3ccc(C(=O)OC)cc3)cc21. The van der Waals surface area contributed by atoms with Crippen LogP contribution in [0.15, 0.2) is 42.5 Å². The Morgan fingerprint density at radius 3 is 2.55 bits per heavy atom. The molecule has 3 rings (SSSR count). The third-order valence-electron chi connectivity index (χ3n) is 5.21. The van der Waals surface area contributed by atoms with Gasteiger partial charge in [-0.3, -0.25) is 5.32 Å². The van der Waals surface area contributed by atoms with Crippen LogP contribution in [-0.2, 0) is 21.2 Å². The lowest BCUT2D eigenvalue weighted by Gasteiger charge is -2.38. The number of carbonyl (C=O) groups excluding carboxylic acids is 1. The number of carbonyl (C=O) groups is 1. The number of nitrogens with one attached hydrogen (secondary N) is 1. The molecule has 2 aromatic carbocycles. The van der Waals surface area contributed by atoms with Gasteiger partial charge in [-0.1, -0.05) is 19.1 Å². The highest BCUT2D eigenvalue weighted by Crippen LogP contribution is 2.41. The molecule has 31 heavy (non-hydrogen) atoms. The Hall–Kier alpha value is -2.58. The summed E-state index contributed by atoms with van der Waals surface area (Å²) in [7, 11) is -1.80. The third kappa shape index (κ3) is 5.98. The van der Waals surface area contributed by atoms with Crippen molar-refractivity contribution in [2.75, 3.05) is 18.7 Å². The lowest BCUT2D eigenvalue weighted by atomic mass is 9.90. The quantitative estimate of drug-likeness (QED) is 0.618. The van der Waals surface area contributed by atoms with Gasteiger partial charge in [-0.15, -0.1) is 0 Å². The van der Waals surface area contributed by atoms with Gasteiger partial charge in [0.15, 0.2) is 9.84 Å². The zero-order chi connectivity index (χ0) is 22.6. The zero-order valence-electron chi connectivity index (χ0n) is 18.3. The van der Waals surface area contributed by atoms with Gasteiger partial charge >= 0.3 is 5.97 Å². The van der Waals surface area contributed by atoms with Crippen LogP contribution >= 0.6 is 0 Å². The summed E-state index contributed by atoms with van der Waals surface area (Å²) in [6.45, 7) is 5.94. The molecule has 1 N–H and O–H groups in total. The average molecular weight is 448 g/mol. The second-order valence-electron chi connectivity index (χ2n) is 8.18. The zero-order valence-corrected chi connectivity index (χ0v) is 19.1. The van der Waals surface area contributed by atoms with Crippen molar-refractivity contribution in [2.45, 2.75) is 45.4 Å². The topological polar surface area (TPSA) is 90.9 Å².